The molecule has 0 spiro atoms. The normalized spacial score (nSPS) is 15.7. The number of hydrogen-bond donors (Lipinski definition) is 1. The number of aryl methyl sites for hydroxylation is 1. The lowest BCUT2D eigenvalue weighted by molar-refractivity contribution is -0.118. The van der Waals surface area contributed by atoms with Crippen LogP contribution in [-0.4, -0.2) is 27.8 Å². The second-order valence-electron chi connectivity index (χ2n) is 8.79. The van der Waals surface area contributed by atoms with Gasteiger partial charge in [0.1, 0.15) is 18.0 Å². The maximum atomic E-state index is 12.8. The summed E-state index contributed by atoms with van der Waals surface area (Å²) >= 11 is 1.52. The number of carbonyl (C=O) groups excluding carboxylic acids is 2. The molecule has 34 heavy (non-hydrogen) atoms. The number of nitriles is 1. The topological polar surface area (TPSA) is 97.0 Å². The third kappa shape index (κ3) is 5.72. The number of Topliss-reactive ketones (excluding diaryl/α,β-unsaturated/α-hetero) is 1. The van der Waals surface area contributed by atoms with Crippen LogP contribution in [0, 0.1) is 11.3 Å². The van der Waals surface area contributed by atoms with Gasteiger partial charge >= 0.3 is 6.09 Å². The van der Waals surface area contributed by atoms with Crippen molar-refractivity contribution in [1.29, 1.82) is 5.26 Å². The Hall–Kier alpha value is -3.44. The Balaban J connectivity index is 1.34. The molecule has 0 radical (unpaired) electrons. The Morgan fingerprint density at radius 1 is 1.35 bits per heavy atom. The average Bonchev–Trinajstić information content (AvgIpc) is 3.40. The van der Waals surface area contributed by atoms with Gasteiger partial charge in [-0.2, -0.15) is 10.4 Å². The Morgan fingerprint density at radius 2 is 2.15 bits per heavy atom. The molecule has 0 saturated carbocycles. The molecular formula is C26H28N4O3S. The summed E-state index contributed by atoms with van der Waals surface area (Å²) < 4.78 is 7.30. The molecule has 2 heterocycles. The summed E-state index contributed by atoms with van der Waals surface area (Å²) in [5, 5.41) is 16.6. The van der Waals surface area contributed by atoms with Crippen LogP contribution < -0.4 is 5.32 Å². The highest BCUT2D eigenvalue weighted by molar-refractivity contribution is 7.12. The van der Waals surface area contributed by atoms with Crippen LogP contribution in [0.4, 0.5) is 4.79 Å². The van der Waals surface area contributed by atoms with Crippen LogP contribution in [0.1, 0.15) is 57.7 Å². The van der Waals surface area contributed by atoms with Crippen LogP contribution in [0.3, 0.4) is 0 Å². The van der Waals surface area contributed by atoms with Gasteiger partial charge in [-0.3, -0.25) is 9.48 Å². The van der Waals surface area contributed by atoms with E-state index in [1.165, 1.54) is 11.3 Å². The number of fused-ring (bicyclic) bond motifs is 1. The third-order valence-corrected chi connectivity index (χ3v) is 7.39. The molecule has 0 saturated heterocycles. The van der Waals surface area contributed by atoms with E-state index in [0.29, 0.717) is 37.8 Å². The maximum Gasteiger partial charge on any atom is 0.407 e. The standard InChI is InChI=1S/C26H28N4O3S/c1-17(19-6-4-3-5-7-19)10-20(31)11-24-23(13-27)22-9-8-21(12-25(22)34-24)33-26(32)28-14-18-15-29-30(2)16-18/h3-7,15-17,21H,8-12,14H2,1-2H3,(H,28,32). The van der Waals surface area contributed by atoms with E-state index in [-0.39, 0.29) is 24.2 Å². The van der Waals surface area contributed by atoms with Crippen molar-refractivity contribution in [3.05, 3.63) is 74.7 Å². The lowest BCUT2D eigenvalue weighted by Gasteiger charge is -2.22. The molecule has 1 amide bonds. The zero-order chi connectivity index (χ0) is 24.1. The van der Waals surface area contributed by atoms with Gasteiger partial charge in [-0.05, 0) is 29.9 Å². The number of alkyl carbamates (subject to hydrolysis) is 1. The molecule has 2 atom stereocenters. The highest BCUT2D eigenvalue weighted by Gasteiger charge is 2.28. The first-order valence-corrected chi connectivity index (χ1v) is 12.3. The van der Waals surface area contributed by atoms with Crippen molar-refractivity contribution in [2.24, 2.45) is 7.05 Å². The van der Waals surface area contributed by atoms with Gasteiger partial charge in [0, 0.05) is 54.4 Å². The van der Waals surface area contributed by atoms with Gasteiger partial charge in [-0.25, -0.2) is 4.79 Å². The molecule has 3 aromatic rings. The first-order chi connectivity index (χ1) is 16.4. The number of hydrogen-bond acceptors (Lipinski definition) is 6. The predicted octanol–water partition coefficient (Wildman–Crippen LogP) is 4.44. The molecule has 0 aliphatic heterocycles. The van der Waals surface area contributed by atoms with Gasteiger partial charge in [0.05, 0.1) is 11.8 Å². The van der Waals surface area contributed by atoms with Gasteiger partial charge in [0.25, 0.3) is 0 Å². The number of carbonyl (C=O) groups is 2. The van der Waals surface area contributed by atoms with E-state index in [1.54, 1.807) is 10.9 Å². The molecule has 1 aromatic carbocycles. The largest absolute Gasteiger partial charge is 0.446 e. The lowest BCUT2D eigenvalue weighted by atomic mass is 9.91. The second-order valence-corrected chi connectivity index (χ2v) is 9.98. The van der Waals surface area contributed by atoms with Crippen LogP contribution in [0.15, 0.2) is 42.7 Å². The number of amides is 1. The molecule has 4 rings (SSSR count). The van der Waals surface area contributed by atoms with Crippen molar-refractivity contribution in [2.45, 2.75) is 57.6 Å². The number of thiophene rings is 1. The molecule has 0 bridgehead atoms. The molecule has 8 heteroatoms. The van der Waals surface area contributed by atoms with Crippen molar-refractivity contribution in [1.82, 2.24) is 15.1 Å². The minimum absolute atomic E-state index is 0.133. The van der Waals surface area contributed by atoms with Crippen LogP contribution in [0.5, 0.6) is 0 Å². The fourth-order valence-corrected chi connectivity index (χ4v) is 5.79. The van der Waals surface area contributed by atoms with Gasteiger partial charge < -0.3 is 10.1 Å². The van der Waals surface area contributed by atoms with E-state index in [9.17, 15) is 14.9 Å². The summed E-state index contributed by atoms with van der Waals surface area (Å²) in [7, 11) is 1.82. The van der Waals surface area contributed by atoms with E-state index in [2.05, 4.69) is 23.4 Å². The smallest absolute Gasteiger partial charge is 0.407 e. The molecular weight excluding hydrogens is 448 g/mol. The quantitative estimate of drug-likeness (QED) is 0.518. The Kier molecular flexibility index (Phi) is 7.43. The Bertz CT molecular complexity index is 1210. The highest BCUT2D eigenvalue weighted by Crippen LogP contribution is 2.36. The molecule has 2 unspecified atom stereocenters. The van der Waals surface area contributed by atoms with E-state index in [0.717, 1.165) is 26.4 Å². The minimum Gasteiger partial charge on any atom is -0.446 e. The van der Waals surface area contributed by atoms with Crippen molar-refractivity contribution < 1.29 is 14.3 Å². The first kappa shape index (κ1) is 23.7. The van der Waals surface area contributed by atoms with Crippen LogP contribution in [-0.2, 0) is 42.4 Å². The molecule has 0 fully saturated rings. The Morgan fingerprint density at radius 3 is 2.85 bits per heavy atom. The summed E-state index contributed by atoms with van der Waals surface area (Å²) in [6, 6.07) is 12.3. The molecule has 1 aliphatic rings. The highest BCUT2D eigenvalue weighted by atomic mass is 32.1. The fraction of sp³-hybridized carbons (Fsp3) is 0.385. The van der Waals surface area contributed by atoms with Gasteiger partial charge in [0.2, 0.25) is 0 Å². The van der Waals surface area contributed by atoms with E-state index in [4.69, 9.17) is 4.74 Å². The van der Waals surface area contributed by atoms with Crippen molar-refractivity contribution in [2.75, 3.05) is 0 Å². The molecule has 1 N–H and O–H groups in total. The monoisotopic (exact) mass is 476 g/mol. The number of nitrogens with zero attached hydrogens (tertiary/aromatic N) is 3. The van der Waals surface area contributed by atoms with Crippen LogP contribution >= 0.6 is 11.3 Å². The van der Waals surface area contributed by atoms with E-state index >= 15 is 0 Å². The summed E-state index contributed by atoms with van der Waals surface area (Å²) in [4.78, 5) is 26.9. The Labute approximate surface area is 203 Å². The second kappa shape index (κ2) is 10.7. The fourth-order valence-electron chi connectivity index (χ4n) is 4.39. The number of ether oxygens (including phenoxy) is 1. The van der Waals surface area contributed by atoms with E-state index in [1.807, 2.05) is 43.6 Å². The van der Waals surface area contributed by atoms with Crippen LogP contribution in [0.2, 0.25) is 0 Å². The third-order valence-electron chi connectivity index (χ3n) is 6.13. The van der Waals surface area contributed by atoms with E-state index < -0.39 is 6.09 Å². The summed E-state index contributed by atoms with van der Waals surface area (Å²) in [5.74, 6) is 0.269. The predicted molar refractivity (Wildman–Crippen MR) is 130 cm³/mol. The minimum atomic E-state index is -0.459. The maximum absolute atomic E-state index is 12.8. The number of ketones is 1. The summed E-state index contributed by atoms with van der Waals surface area (Å²) in [6.45, 7) is 2.41. The average molecular weight is 477 g/mol. The first-order valence-electron chi connectivity index (χ1n) is 11.4. The number of rotatable bonds is 8. The number of benzene rings is 1. The SMILES string of the molecule is CC(CC(=O)Cc1sc2c(c1C#N)CCC(OC(=O)NCc1cnn(C)c1)C2)c1ccccc1. The summed E-state index contributed by atoms with van der Waals surface area (Å²) in [5.41, 5.74) is 3.70. The zero-order valence-electron chi connectivity index (χ0n) is 19.4. The molecule has 1 aliphatic carbocycles. The van der Waals surface area contributed by atoms with Crippen molar-refractivity contribution in [3.8, 4) is 6.07 Å². The zero-order valence-corrected chi connectivity index (χ0v) is 20.2. The lowest BCUT2D eigenvalue weighted by Crippen LogP contribution is -2.31. The van der Waals surface area contributed by atoms with Gasteiger partial charge in [-0.1, -0.05) is 37.3 Å². The van der Waals surface area contributed by atoms with Gasteiger partial charge in [0.15, 0.2) is 0 Å². The molecule has 2 aromatic heterocycles. The number of nitrogens with one attached hydrogen (secondary N) is 1. The van der Waals surface area contributed by atoms with Crippen molar-refractivity contribution in [3.63, 3.8) is 0 Å². The number of aromatic nitrogens is 2. The van der Waals surface area contributed by atoms with Crippen LogP contribution in [0.25, 0.3) is 0 Å². The molecule has 7 nitrogen and oxygen atoms in total. The molecule has 176 valence electrons. The summed E-state index contributed by atoms with van der Waals surface area (Å²) in [6.07, 6.45) is 5.46. The van der Waals surface area contributed by atoms with Gasteiger partial charge in [-0.15, -0.1) is 11.3 Å². The van der Waals surface area contributed by atoms with Crippen molar-refractivity contribution >= 4 is 23.2 Å².